The van der Waals surface area contributed by atoms with Gasteiger partial charge in [0, 0.05) is 24.8 Å². The van der Waals surface area contributed by atoms with Crippen LogP contribution in [0.5, 0.6) is 0 Å². The van der Waals surface area contributed by atoms with Crippen molar-refractivity contribution in [1.29, 1.82) is 0 Å². The van der Waals surface area contributed by atoms with Crippen molar-refractivity contribution in [3.8, 4) is 5.69 Å². The Morgan fingerprint density at radius 2 is 2.00 bits per heavy atom. The number of halogens is 3. The molecule has 1 saturated heterocycles. The van der Waals surface area contributed by atoms with Crippen LogP contribution in [-0.2, 0) is 6.18 Å². The molecular weight excluding hydrogens is 299 g/mol. The van der Waals surface area contributed by atoms with Crippen LogP contribution in [0, 0.1) is 0 Å². The molecule has 1 aliphatic rings. The van der Waals surface area contributed by atoms with Crippen LogP contribution in [0.4, 0.5) is 13.2 Å². The summed E-state index contributed by atoms with van der Waals surface area (Å²) in [6, 6.07) is 7.06. The van der Waals surface area contributed by atoms with Gasteiger partial charge in [-0.1, -0.05) is 6.07 Å². The number of nitrogens with zero attached hydrogens (tertiary/aromatic N) is 3. The highest BCUT2D eigenvalue weighted by molar-refractivity contribution is 5.95. The van der Waals surface area contributed by atoms with Gasteiger partial charge in [0.05, 0.1) is 11.8 Å². The average Bonchev–Trinajstić information content (AvgIpc) is 2.93. The van der Waals surface area contributed by atoms with Crippen LogP contribution < -0.4 is 0 Å². The number of aliphatic hydroxyl groups is 1. The second-order valence-electron chi connectivity index (χ2n) is 5.06. The Hall–Kier alpha value is -2.35. The first-order valence-electron chi connectivity index (χ1n) is 6.55. The quantitative estimate of drug-likeness (QED) is 0.918. The first-order valence-corrected chi connectivity index (χ1v) is 6.55. The fraction of sp³-hybridized carbons (Fsp3) is 0.286. The van der Waals surface area contributed by atoms with Crippen molar-refractivity contribution in [1.82, 2.24) is 14.7 Å². The minimum atomic E-state index is -4.51. The molecule has 2 aromatic rings. The molecule has 0 atom stereocenters. The second kappa shape index (κ2) is 5.13. The number of hydrogen-bond acceptors (Lipinski definition) is 3. The molecule has 1 aromatic carbocycles. The van der Waals surface area contributed by atoms with Gasteiger partial charge in [0.2, 0.25) is 0 Å². The molecule has 0 saturated carbocycles. The normalized spacial score (nSPS) is 15.7. The molecule has 8 heteroatoms. The zero-order valence-electron chi connectivity index (χ0n) is 11.3. The lowest BCUT2D eigenvalue weighted by molar-refractivity contribution is -0.141. The highest BCUT2D eigenvalue weighted by Crippen LogP contribution is 2.28. The smallest absolute Gasteiger partial charge is 0.389 e. The van der Waals surface area contributed by atoms with Crippen LogP contribution in [0.2, 0.25) is 0 Å². The molecule has 1 aliphatic heterocycles. The van der Waals surface area contributed by atoms with E-state index in [1.54, 1.807) is 18.2 Å². The third-order valence-electron chi connectivity index (χ3n) is 3.39. The first kappa shape index (κ1) is 14.6. The van der Waals surface area contributed by atoms with Crippen LogP contribution in [0.25, 0.3) is 5.69 Å². The molecule has 5 nitrogen and oxygen atoms in total. The highest BCUT2D eigenvalue weighted by Gasteiger charge is 2.34. The van der Waals surface area contributed by atoms with Crippen molar-refractivity contribution in [2.24, 2.45) is 0 Å². The number of carbonyl (C=O) groups is 1. The van der Waals surface area contributed by atoms with Crippen LogP contribution in [-0.4, -0.2) is 44.9 Å². The van der Waals surface area contributed by atoms with Crippen LogP contribution in [0.1, 0.15) is 16.1 Å². The van der Waals surface area contributed by atoms with Gasteiger partial charge in [-0.05, 0) is 24.3 Å². The standard InChI is InChI=1S/C14H12F3N3O2/c15-14(16,17)12-4-5-20(18-12)10-3-1-2-9(6-10)13(22)19-7-11(21)8-19/h1-6,11,21H,7-8H2. The number of aromatic nitrogens is 2. The number of alkyl halides is 3. The lowest BCUT2D eigenvalue weighted by Gasteiger charge is -2.35. The Labute approximate surface area is 123 Å². The predicted molar refractivity (Wildman–Crippen MR) is 70.5 cm³/mol. The maximum atomic E-state index is 12.6. The third kappa shape index (κ3) is 2.69. The molecular formula is C14H12F3N3O2. The Kier molecular flexibility index (Phi) is 3.40. The van der Waals surface area contributed by atoms with Gasteiger partial charge in [-0.3, -0.25) is 4.79 Å². The monoisotopic (exact) mass is 311 g/mol. The van der Waals surface area contributed by atoms with Gasteiger partial charge in [0.15, 0.2) is 5.69 Å². The van der Waals surface area contributed by atoms with Crippen LogP contribution in [0.15, 0.2) is 36.5 Å². The van der Waals surface area contributed by atoms with Gasteiger partial charge < -0.3 is 10.0 Å². The SMILES string of the molecule is O=C(c1cccc(-n2ccc(C(F)(F)F)n2)c1)N1CC(O)C1. The number of benzene rings is 1. The topological polar surface area (TPSA) is 58.4 Å². The second-order valence-corrected chi connectivity index (χ2v) is 5.06. The molecule has 0 spiro atoms. The van der Waals surface area contributed by atoms with E-state index in [0.29, 0.717) is 11.3 Å². The minimum absolute atomic E-state index is 0.267. The fourth-order valence-corrected chi connectivity index (χ4v) is 2.20. The van der Waals surface area contributed by atoms with E-state index >= 15 is 0 Å². The summed E-state index contributed by atoms with van der Waals surface area (Å²) in [5.41, 5.74) is -0.286. The zero-order chi connectivity index (χ0) is 15.9. The number of aliphatic hydroxyl groups excluding tert-OH is 1. The summed E-state index contributed by atoms with van der Waals surface area (Å²) in [7, 11) is 0. The summed E-state index contributed by atoms with van der Waals surface area (Å²) < 4.78 is 38.8. The fourth-order valence-electron chi connectivity index (χ4n) is 2.20. The van der Waals surface area contributed by atoms with E-state index in [2.05, 4.69) is 5.10 Å². The predicted octanol–water partition coefficient (Wildman–Crippen LogP) is 1.71. The Bertz CT molecular complexity index is 705. The molecule has 0 unspecified atom stereocenters. The number of rotatable bonds is 2. The largest absolute Gasteiger partial charge is 0.435 e. The lowest BCUT2D eigenvalue weighted by atomic mass is 10.1. The highest BCUT2D eigenvalue weighted by atomic mass is 19.4. The van der Waals surface area contributed by atoms with E-state index in [9.17, 15) is 23.1 Å². The molecule has 1 aromatic heterocycles. The van der Waals surface area contributed by atoms with E-state index in [0.717, 1.165) is 10.7 Å². The van der Waals surface area contributed by atoms with E-state index in [4.69, 9.17) is 0 Å². The number of carbonyl (C=O) groups excluding carboxylic acids is 1. The minimum Gasteiger partial charge on any atom is -0.389 e. The molecule has 3 rings (SSSR count). The molecule has 2 heterocycles. The van der Waals surface area contributed by atoms with Crippen molar-refractivity contribution in [2.75, 3.05) is 13.1 Å². The van der Waals surface area contributed by atoms with Gasteiger partial charge in [0.25, 0.3) is 5.91 Å². The summed E-state index contributed by atoms with van der Waals surface area (Å²) in [4.78, 5) is 13.6. The van der Waals surface area contributed by atoms with Gasteiger partial charge in [-0.2, -0.15) is 18.3 Å². The van der Waals surface area contributed by atoms with E-state index in [-0.39, 0.29) is 19.0 Å². The van der Waals surface area contributed by atoms with Gasteiger partial charge >= 0.3 is 6.18 Å². The van der Waals surface area contributed by atoms with E-state index < -0.39 is 18.0 Å². The number of likely N-dealkylation sites (tertiary alicyclic amines) is 1. The Morgan fingerprint density at radius 1 is 1.27 bits per heavy atom. The molecule has 116 valence electrons. The summed E-state index contributed by atoms with van der Waals surface area (Å²) >= 11 is 0. The summed E-state index contributed by atoms with van der Waals surface area (Å²) in [6.45, 7) is 0.534. The Balaban J connectivity index is 1.85. The van der Waals surface area contributed by atoms with Crippen molar-refractivity contribution in [3.05, 3.63) is 47.8 Å². The maximum absolute atomic E-state index is 12.6. The molecule has 0 radical (unpaired) electrons. The molecule has 1 N–H and O–H groups in total. The summed E-state index contributed by atoms with van der Waals surface area (Å²) in [6.07, 6.45) is -3.82. The van der Waals surface area contributed by atoms with Crippen molar-refractivity contribution in [3.63, 3.8) is 0 Å². The van der Waals surface area contributed by atoms with Crippen molar-refractivity contribution >= 4 is 5.91 Å². The van der Waals surface area contributed by atoms with Gasteiger partial charge in [0.1, 0.15) is 0 Å². The van der Waals surface area contributed by atoms with Crippen LogP contribution in [0.3, 0.4) is 0 Å². The Morgan fingerprint density at radius 3 is 2.59 bits per heavy atom. The number of β-amino-alcohol motifs (C(OH)–C–C–N with tert-alkyl or cyclic N) is 1. The maximum Gasteiger partial charge on any atom is 0.435 e. The van der Waals surface area contributed by atoms with E-state index in [1.807, 2.05) is 0 Å². The summed E-state index contributed by atoms with van der Waals surface area (Å²) in [5.74, 6) is -0.268. The summed E-state index contributed by atoms with van der Waals surface area (Å²) in [5, 5.41) is 12.7. The van der Waals surface area contributed by atoms with Gasteiger partial charge in [-0.15, -0.1) is 0 Å². The molecule has 1 fully saturated rings. The lowest BCUT2D eigenvalue weighted by Crippen LogP contribution is -2.53. The van der Waals surface area contributed by atoms with E-state index in [1.165, 1.54) is 17.2 Å². The molecule has 0 bridgehead atoms. The average molecular weight is 311 g/mol. The van der Waals surface area contributed by atoms with Crippen LogP contribution >= 0.6 is 0 Å². The molecule has 0 aliphatic carbocycles. The number of hydrogen-bond donors (Lipinski definition) is 1. The molecule has 22 heavy (non-hydrogen) atoms. The molecule has 1 amide bonds. The van der Waals surface area contributed by atoms with Gasteiger partial charge in [-0.25, -0.2) is 4.68 Å². The third-order valence-corrected chi connectivity index (χ3v) is 3.39. The zero-order valence-corrected chi connectivity index (χ0v) is 11.3. The number of amides is 1. The first-order chi connectivity index (χ1) is 10.3. The van der Waals surface area contributed by atoms with Crippen molar-refractivity contribution in [2.45, 2.75) is 12.3 Å². The van der Waals surface area contributed by atoms with Crippen molar-refractivity contribution < 1.29 is 23.1 Å².